The first-order valence-corrected chi connectivity index (χ1v) is 11.6. The molecule has 0 radical (unpaired) electrons. The summed E-state index contributed by atoms with van der Waals surface area (Å²) in [7, 11) is 4.98. The van der Waals surface area contributed by atoms with Crippen LogP contribution >= 0.6 is 23.1 Å². The maximum absolute atomic E-state index is 12.5. The molecule has 3 rings (SSSR count). The Balaban J connectivity index is 1.51. The van der Waals surface area contributed by atoms with Gasteiger partial charge in [0.2, 0.25) is 11.0 Å². The van der Waals surface area contributed by atoms with Gasteiger partial charge in [0.1, 0.15) is 0 Å². The number of nitrogens with zero attached hydrogens (tertiary/aromatic N) is 3. The summed E-state index contributed by atoms with van der Waals surface area (Å²) >= 11 is 2.82. The summed E-state index contributed by atoms with van der Waals surface area (Å²) in [5.74, 6) is 1.62. The summed E-state index contributed by atoms with van der Waals surface area (Å²) in [6.45, 7) is 2.61. The first-order chi connectivity index (χ1) is 15.0. The molecule has 0 saturated heterocycles. The third kappa shape index (κ3) is 6.35. The normalized spacial score (nSPS) is 10.6. The van der Waals surface area contributed by atoms with Crippen LogP contribution in [0.5, 0.6) is 11.5 Å². The molecule has 1 N–H and O–H groups in total. The number of hydrogen-bond donors (Lipinski definition) is 1. The third-order valence-corrected chi connectivity index (χ3v) is 6.59. The lowest BCUT2D eigenvalue weighted by Gasteiger charge is -2.18. The zero-order chi connectivity index (χ0) is 22.2. The number of nitrogens with one attached hydrogen (secondary N) is 1. The lowest BCUT2D eigenvalue weighted by Crippen LogP contribution is -2.27. The number of thioether (sulfide) groups is 1. The van der Waals surface area contributed by atoms with E-state index in [4.69, 9.17) is 9.47 Å². The molecule has 0 unspecified atom stereocenters. The molecule has 1 aromatic heterocycles. The molecule has 7 nitrogen and oxygen atoms in total. The molecule has 9 heteroatoms. The summed E-state index contributed by atoms with van der Waals surface area (Å²) in [5, 5.41) is 12.3. The van der Waals surface area contributed by atoms with E-state index in [0.29, 0.717) is 28.9 Å². The van der Waals surface area contributed by atoms with Crippen LogP contribution in [-0.4, -0.2) is 48.0 Å². The average molecular weight is 459 g/mol. The molecule has 0 spiro atoms. The molecule has 0 atom stereocenters. The van der Waals surface area contributed by atoms with Crippen molar-refractivity contribution in [1.82, 2.24) is 15.1 Å². The Kier molecular flexibility index (Phi) is 8.13. The Bertz CT molecular complexity index is 1010. The van der Waals surface area contributed by atoms with E-state index >= 15 is 0 Å². The fraction of sp³-hybridized carbons (Fsp3) is 0.318. The summed E-state index contributed by atoms with van der Waals surface area (Å²) < 4.78 is 11.3. The maximum atomic E-state index is 12.5. The molecule has 31 heavy (non-hydrogen) atoms. The predicted octanol–water partition coefficient (Wildman–Crippen LogP) is 4.61. The molecule has 0 aliphatic rings. The monoisotopic (exact) mass is 458 g/mol. The van der Waals surface area contributed by atoms with E-state index in [1.807, 2.05) is 30.3 Å². The number of carbonyl (C=O) groups is 1. The fourth-order valence-electron chi connectivity index (χ4n) is 2.84. The van der Waals surface area contributed by atoms with Crippen molar-refractivity contribution in [2.75, 3.05) is 32.3 Å². The number of anilines is 2. The topological polar surface area (TPSA) is 76.6 Å². The van der Waals surface area contributed by atoms with Crippen LogP contribution in [0.15, 0.2) is 46.8 Å². The quantitative estimate of drug-likeness (QED) is 0.445. The number of benzene rings is 2. The molecule has 164 valence electrons. The SMILES string of the molecule is CCc1ccc(Nc2nnc(SCC(=O)N(C)Cc3ccc(OC)c(OC)c3)s2)cc1. The van der Waals surface area contributed by atoms with Crippen LogP contribution in [0.25, 0.3) is 0 Å². The van der Waals surface area contributed by atoms with Gasteiger partial charge in [0, 0.05) is 19.3 Å². The average Bonchev–Trinajstić information content (AvgIpc) is 3.25. The number of aromatic nitrogens is 2. The second kappa shape index (κ2) is 11.0. The van der Waals surface area contributed by atoms with Gasteiger partial charge in [-0.3, -0.25) is 4.79 Å². The zero-order valence-corrected chi connectivity index (χ0v) is 19.7. The summed E-state index contributed by atoms with van der Waals surface area (Å²) in [6, 6.07) is 13.9. The van der Waals surface area contributed by atoms with Gasteiger partial charge in [0.25, 0.3) is 0 Å². The highest BCUT2D eigenvalue weighted by atomic mass is 32.2. The van der Waals surface area contributed by atoms with Crippen molar-refractivity contribution in [3.63, 3.8) is 0 Å². The first-order valence-electron chi connectivity index (χ1n) is 9.79. The number of rotatable bonds is 10. The Hall–Kier alpha value is -2.78. The van der Waals surface area contributed by atoms with E-state index in [0.717, 1.165) is 22.0 Å². The van der Waals surface area contributed by atoms with Gasteiger partial charge in [-0.05, 0) is 41.8 Å². The molecule has 0 aliphatic heterocycles. The van der Waals surface area contributed by atoms with Crippen molar-refractivity contribution >= 4 is 39.8 Å². The van der Waals surface area contributed by atoms with Crippen LogP contribution in [0.1, 0.15) is 18.1 Å². The number of aryl methyl sites for hydroxylation is 1. The second-order valence-electron chi connectivity index (χ2n) is 6.78. The molecule has 1 heterocycles. The van der Waals surface area contributed by atoms with E-state index in [1.165, 1.54) is 28.7 Å². The van der Waals surface area contributed by atoms with Crippen molar-refractivity contribution in [2.45, 2.75) is 24.2 Å². The van der Waals surface area contributed by atoms with Gasteiger partial charge >= 0.3 is 0 Å². The van der Waals surface area contributed by atoms with Crippen LogP contribution in [0, 0.1) is 0 Å². The number of carbonyl (C=O) groups excluding carboxylic acids is 1. The van der Waals surface area contributed by atoms with Crippen molar-refractivity contribution in [3.05, 3.63) is 53.6 Å². The number of methoxy groups -OCH3 is 2. The summed E-state index contributed by atoms with van der Waals surface area (Å²) in [6.07, 6.45) is 1.01. The van der Waals surface area contributed by atoms with E-state index in [1.54, 1.807) is 26.2 Å². The molecular weight excluding hydrogens is 432 g/mol. The lowest BCUT2D eigenvalue weighted by molar-refractivity contribution is -0.127. The first kappa shape index (κ1) is 22.9. The molecule has 0 saturated carbocycles. The van der Waals surface area contributed by atoms with Gasteiger partial charge < -0.3 is 19.7 Å². The second-order valence-corrected chi connectivity index (χ2v) is 8.98. The minimum absolute atomic E-state index is 0.0136. The van der Waals surface area contributed by atoms with Gasteiger partial charge in [-0.25, -0.2) is 0 Å². The van der Waals surface area contributed by atoms with E-state index in [2.05, 4.69) is 34.6 Å². The minimum Gasteiger partial charge on any atom is -0.493 e. The molecule has 1 amide bonds. The Morgan fingerprint density at radius 1 is 1.06 bits per heavy atom. The van der Waals surface area contributed by atoms with Gasteiger partial charge in [-0.1, -0.05) is 48.2 Å². The highest BCUT2D eigenvalue weighted by molar-refractivity contribution is 8.01. The Morgan fingerprint density at radius 3 is 2.45 bits per heavy atom. The summed E-state index contributed by atoms with van der Waals surface area (Å²) in [5.41, 5.74) is 3.22. The number of amides is 1. The van der Waals surface area contributed by atoms with Gasteiger partial charge in [0.05, 0.1) is 20.0 Å². The molecule has 0 bridgehead atoms. The van der Waals surface area contributed by atoms with Gasteiger partial charge in [-0.15, -0.1) is 10.2 Å². The van der Waals surface area contributed by atoms with Crippen LogP contribution in [-0.2, 0) is 17.8 Å². The molecule has 3 aromatic rings. The van der Waals surface area contributed by atoms with Gasteiger partial charge in [0.15, 0.2) is 15.8 Å². The van der Waals surface area contributed by atoms with E-state index in [-0.39, 0.29) is 5.91 Å². The molecule has 2 aromatic carbocycles. The smallest absolute Gasteiger partial charge is 0.233 e. The van der Waals surface area contributed by atoms with Crippen LogP contribution in [0.3, 0.4) is 0 Å². The minimum atomic E-state index is 0.0136. The van der Waals surface area contributed by atoms with Crippen molar-refractivity contribution < 1.29 is 14.3 Å². The van der Waals surface area contributed by atoms with E-state index < -0.39 is 0 Å². The van der Waals surface area contributed by atoms with Crippen LogP contribution in [0.4, 0.5) is 10.8 Å². The predicted molar refractivity (Wildman–Crippen MR) is 126 cm³/mol. The van der Waals surface area contributed by atoms with E-state index in [9.17, 15) is 4.79 Å². The van der Waals surface area contributed by atoms with Crippen LogP contribution < -0.4 is 14.8 Å². The third-order valence-electron chi connectivity index (χ3n) is 4.63. The van der Waals surface area contributed by atoms with Crippen molar-refractivity contribution in [1.29, 1.82) is 0 Å². The maximum Gasteiger partial charge on any atom is 0.233 e. The number of hydrogen-bond acceptors (Lipinski definition) is 8. The molecule has 0 aliphatic carbocycles. The van der Waals surface area contributed by atoms with Gasteiger partial charge in [-0.2, -0.15) is 0 Å². The lowest BCUT2D eigenvalue weighted by atomic mass is 10.1. The zero-order valence-electron chi connectivity index (χ0n) is 18.0. The summed E-state index contributed by atoms with van der Waals surface area (Å²) in [4.78, 5) is 14.2. The highest BCUT2D eigenvalue weighted by Gasteiger charge is 2.14. The Morgan fingerprint density at radius 2 is 1.77 bits per heavy atom. The molecular formula is C22H26N4O3S2. The van der Waals surface area contributed by atoms with Crippen molar-refractivity contribution in [2.24, 2.45) is 0 Å². The number of ether oxygens (including phenoxy) is 2. The van der Waals surface area contributed by atoms with Crippen molar-refractivity contribution in [3.8, 4) is 11.5 Å². The highest BCUT2D eigenvalue weighted by Crippen LogP contribution is 2.29. The fourth-order valence-corrected chi connectivity index (χ4v) is 4.55. The molecule has 0 fully saturated rings. The van der Waals surface area contributed by atoms with Crippen LogP contribution in [0.2, 0.25) is 0 Å². The standard InChI is InChI=1S/C22H26N4O3S2/c1-5-15-6-9-17(10-7-15)23-21-24-25-22(31-21)30-14-20(27)26(2)13-16-8-11-18(28-3)19(12-16)29-4/h6-12H,5,13-14H2,1-4H3,(H,23,24). The Labute approximate surface area is 190 Å². The largest absolute Gasteiger partial charge is 0.493 e.